The largest absolute Gasteiger partial charge is 0.481 e. The molecule has 6 nitrogen and oxygen atoms in total. The van der Waals surface area contributed by atoms with E-state index < -0.39 is 24.2 Å². The normalized spacial score (nSPS) is 13.7. The molecule has 0 saturated heterocycles. The molecule has 2 rings (SSSR count). The van der Waals surface area contributed by atoms with Gasteiger partial charge in [-0.2, -0.15) is 0 Å². The maximum Gasteiger partial charge on any atom is 0.335 e. The molecule has 18 heavy (non-hydrogen) atoms. The molecule has 0 aliphatic carbocycles. The molecule has 0 atom stereocenters. The number of hydrogen-bond donors (Lipinski definition) is 2. The number of aliphatic carboxylic acids is 1. The van der Waals surface area contributed by atoms with E-state index >= 15 is 0 Å². The number of halogens is 2. The van der Waals surface area contributed by atoms with Crippen molar-refractivity contribution in [1.82, 2.24) is 5.32 Å². The van der Waals surface area contributed by atoms with Crippen LogP contribution >= 0.6 is 23.2 Å². The summed E-state index contributed by atoms with van der Waals surface area (Å²) in [6.07, 6.45) is -0.439. The maximum absolute atomic E-state index is 11.2. The average molecular weight is 288 g/mol. The van der Waals surface area contributed by atoms with Gasteiger partial charge in [0.1, 0.15) is 0 Å². The van der Waals surface area contributed by atoms with Gasteiger partial charge in [-0.25, -0.2) is 5.32 Å². The topological polar surface area (TPSA) is 97.6 Å². The third-order valence-corrected chi connectivity index (χ3v) is 3.11. The lowest BCUT2D eigenvalue weighted by Crippen LogP contribution is -2.34. The fourth-order valence-corrected chi connectivity index (χ4v) is 1.97. The van der Waals surface area contributed by atoms with Gasteiger partial charge in [-0.1, -0.05) is 23.2 Å². The number of carboxylic acids is 1. The van der Waals surface area contributed by atoms with E-state index in [0.717, 1.165) is 0 Å². The smallest absolute Gasteiger partial charge is 0.335 e. The summed E-state index contributed by atoms with van der Waals surface area (Å²) in [5, 5.41) is 14.6. The SMILES string of the molecule is O=C(O)Cc1c(Cl)c(Cl)cc2c1NC(=O)C(=O)[N]2. The van der Waals surface area contributed by atoms with Crippen LogP contribution < -0.4 is 10.6 Å². The second-order valence-electron chi connectivity index (χ2n) is 3.49. The van der Waals surface area contributed by atoms with Gasteiger partial charge in [-0.05, 0) is 6.07 Å². The Hall–Kier alpha value is -1.79. The van der Waals surface area contributed by atoms with Crippen molar-refractivity contribution in [2.45, 2.75) is 6.42 Å². The first-order valence-corrected chi connectivity index (χ1v) is 5.45. The molecule has 2 N–H and O–H groups in total. The number of benzene rings is 1. The summed E-state index contributed by atoms with van der Waals surface area (Å²) in [5.41, 5.74) is 0.331. The third-order valence-electron chi connectivity index (χ3n) is 2.28. The highest BCUT2D eigenvalue weighted by Crippen LogP contribution is 2.39. The van der Waals surface area contributed by atoms with Gasteiger partial charge in [-0.15, -0.1) is 0 Å². The first-order chi connectivity index (χ1) is 8.40. The second kappa shape index (κ2) is 4.47. The first kappa shape index (κ1) is 12.7. The van der Waals surface area contributed by atoms with Gasteiger partial charge in [0.15, 0.2) is 0 Å². The van der Waals surface area contributed by atoms with E-state index in [-0.39, 0.29) is 27.0 Å². The summed E-state index contributed by atoms with van der Waals surface area (Å²) in [4.78, 5) is 33.1. The molecule has 2 amide bonds. The minimum absolute atomic E-state index is 0.0164. The van der Waals surface area contributed by atoms with Crippen LogP contribution in [0.3, 0.4) is 0 Å². The number of carboxylic acid groups (broad SMARTS) is 1. The Morgan fingerprint density at radius 3 is 2.67 bits per heavy atom. The number of carbonyl (C=O) groups excluding carboxylic acids is 2. The number of fused-ring (bicyclic) bond motifs is 1. The average Bonchev–Trinajstić information content (AvgIpc) is 2.28. The Bertz CT molecular complexity index is 586. The van der Waals surface area contributed by atoms with Crippen LogP contribution in [0, 0.1) is 0 Å². The standard InChI is InChI=1S/C10H5Cl2N2O4/c11-4-2-5-8(14-10(18)9(17)13-5)3(7(4)12)1-6(15)16/h2H,1H2,(H,14,18)(H,15,16). The zero-order chi connectivity index (χ0) is 13.4. The maximum atomic E-state index is 11.2. The molecule has 1 aromatic carbocycles. The summed E-state index contributed by atoms with van der Waals surface area (Å²) in [6, 6.07) is 1.29. The van der Waals surface area contributed by atoms with Crippen molar-refractivity contribution in [3.05, 3.63) is 21.7 Å². The second-order valence-corrected chi connectivity index (χ2v) is 4.27. The van der Waals surface area contributed by atoms with Crippen LogP contribution in [0.2, 0.25) is 10.0 Å². The Balaban J connectivity index is 2.61. The first-order valence-electron chi connectivity index (χ1n) is 4.70. The lowest BCUT2D eigenvalue weighted by molar-refractivity contribution is -0.136. The lowest BCUT2D eigenvalue weighted by atomic mass is 10.1. The number of carbonyl (C=O) groups is 3. The minimum Gasteiger partial charge on any atom is -0.481 e. The molecule has 93 valence electrons. The summed E-state index contributed by atoms with van der Waals surface area (Å²) in [7, 11) is 0. The molecule has 1 radical (unpaired) electrons. The Morgan fingerprint density at radius 1 is 1.39 bits per heavy atom. The van der Waals surface area contributed by atoms with Crippen LogP contribution in [0.1, 0.15) is 5.56 Å². The van der Waals surface area contributed by atoms with Crippen molar-refractivity contribution >= 4 is 52.4 Å². The quantitative estimate of drug-likeness (QED) is 0.802. The zero-order valence-corrected chi connectivity index (χ0v) is 10.2. The molecule has 1 aromatic rings. The Labute approximate surface area is 111 Å². The molecule has 0 aromatic heterocycles. The summed E-state index contributed by atoms with van der Waals surface area (Å²) in [5.74, 6) is -3.05. The van der Waals surface area contributed by atoms with E-state index in [1.807, 2.05) is 0 Å². The number of anilines is 1. The van der Waals surface area contributed by atoms with Crippen molar-refractivity contribution in [3.63, 3.8) is 0 Å². The molecule has 0 unspecified atom stereocenters. The van der Waals surface area contributed by atoms with Gasteiger partial charge in [0, 0.05) is 5.56 Å². The highest BCUT2D eigenvalue weighted by Gasteiger charge is 2.29. The predicted octanol–water partition coefficient (Wildman–Crippen LogP) is 1.34. The molecule has 0 fully saturated rings. The molecule has 0 bridgehead atoms. The number of rotatable bonds is 2. The molecule has 1 aliphatic rings. The summed E-state index contributed by atoms with van der Waals surface area (Å²) < 4.78 is 0. The van der Waals surface area contributed by atoms with Crippen LogP contribution in [0.4, 0.5) is 11.4 Å². The monoisotopic (exact) mass is 287 g/mol. The van der Waals surface area contributed by atoms with Crippen molar-refractivity contribution in [2.75, 3.05) is 5.32 Å². The molecular weight excluding hydrogens is 283 g/mol. The van der Waals surface area contributed by atoms with Crippen molar-refractivity contribution in [1.29, 1.82) is 0 Å². The van der Waals surface area contributed by atoms with E-state index in [2.05, 4.69) is 10.6 Å². The predicted molar refractivity (Wildman–Crippen MR) is 63.2 cm³/mol. The summed E-state index contributed by atoms with van der Waals surface area (Å²) >= 11 is 11.7. The Kier molecular flexibility index (Phi) is 3.14. The van der Waals surface area contributed by atoms with E-state index in [9.17, 15) is 14.4 Å². The highest BCUT2D eigenvalue weighted by atomic mass is 35.5. The highest BCUT2D eigenvalue weighted by molar-refractivity contribution is 6.45. The lowest BCUT2D eigenvalue weighted by Gasteiger charge is -2.19. The van der Waals surface area contributed by atoms with Crippen molar-refractivity contribution in [3.8, 4) is 0 Å². The number of nitrogens with zero attached hydrogens (tertiary/aromatic N) is 1. The third kappa shape index (κ3) is 2.12. The van der Waals surface area contributed by atoms with Crippen LogP contribution in [0.5, 0.6) is 0 Å². The molecule has 0 spiro atoms. The summed E-state index contributed by atoms with van der Waals surface area (Å²) in [6.45, 7) is 0. The van der Waals surface area contributed by atoms with E-state index in [4.69, 9.17) is 28.3 Å². The van der Waals surface area contributed by atoms with Gasteiger partial charge >= 0.3 is 17.8 Å². The molecule has 8 heteroatoms. The van der Waals surface area contributed by atoms with Gasteiger partial charge < -0.3 is 10.4 Å². The van der Waals surface area contributed by atoms with Gasteiger partial charge in [0.05, 0.1) is 27.8 Å². The van der Waals surface area contributed by atoms with Gasteiger partial charge in [0.2, 0.25) is 0 Å². The molecular formula is C10H5Cl2N2O4. The number of hydrogen-bond acceptors (Lipinski definition) is 3. The van der Waals surface area contributed by atoms with Crippen LogP contribution in [0.15, 0.2) is 6.07 Å². The van der Waals surface area contributed by atoms with E-state index in [1.165, 1.54) is 6.07 Å². The molecule has 1 heterocycles. The van der Waals surface area contributed by atoms with Crippen LogP contribution in [0.25, 0.3) is 0 Å². The van der Waals surface area contributed by atoms with Crippen molar-refractivity contribution in [2.24, 2.45) is 0 Å². The van der Waals surface area contributed by atoms with Gasteiger partial charge in [-0.3, -0.25) is 14.4 Å². The van der Waals surface area contributed by atoms with E-state index in [1.54, 1.807) is 0 Å². The number of amides is 2. The van der Waals surface area contributed by atoms with Crippen LogP contribution in [-0.4, -0.2) is 22.9 Å². The fraction of sp³-hybridized carbons (Fsp3) is 0.100. The molecule has 1 aliphatic heterocycles. The zero-order valence-electron chi connectivity index (χ0n) is 8.66. The fourth-order valence-electron chi connectivity index (χ4n) is 1.54. The van der Waals surface area contributed by atoms with Crippen LogP contribution in [-0.2, 0) is 20.8 Å². The van der Waals surface area contributed by atoms with Gasteiger partial charge in [0.25, 0.3) is 0 Å². The van der Waals surface area contributed by atoms with Crippen molar-refractivity contribution < 1.29 is 19.5 Å². The number of nitrogens with one attached hydrogen (secondary N) is 1. The van der Waals surface area contributed by atoms with E-state index in [0.29, 0.717) is 0 Å². The molecule has 0 saturated carbocycles. The Morgan fingerprint density at radius 2 is 2.06 bits per heavy atom. The minimum atomic E-state index is -1.15.